The number of benzene rings is 1. The van der Waals surface area contributed by atoms with Crippen LogP contribution < -0.4 is 5.32 Å². The Morgan fingerprint density at radius 3 is 2.81 bits per heavy atom. The maximum Gasteiger partial charge on any atom is 0.129 e. The van der Waals surface area contributed by atoms with Crippen molar-refractivity contribution in [2.45, 2.75) is 13.5 Å². The summed E-state index contributed by atoms with van der Waals surface area (Å²) >= 11 is 5.92. The van der Waals surface area contributed by atoms with E-state index in [9.17, 15) is 4.39 Å². The van der Waals surface area contributed by atoms with Crippen molar-refractivity contribution in [2.24, 2.45) is 5.41 Å². The molecule has 1 heterocycles. The van der Waals surface area contributed by atoms with Crippen molar-refractivity contribution in [3.63, 3.8) is 0 Å². The highest BCUT2D eigenvalue weighted by atomic mass is 35.5. The SMILES string of the molecule is CC1(CNCc2c(F)cccc2Cl)COC1. The number of halogens is 2. The third-order valence-electron chi connectivity index (χ3n) is 2.82. The van der Waals surface area contributed by atoms with Crippen LogP contribution in [-0.2, 0) is 11.3 Å². The second-order valence-corrected chi connectivity index (χ2v) is 5.01. The van der Waals surface area contributed by atoms with Gasteiger partial charge in [0.2, 0.25) is 0 Å². The highest BCUT2D eigenvalue weighted by molar-refractivity contribution is 6.31. The van der Waals surface area contributed by atoms with Crippen molar-refractivity contribution in [3.05, 3.63) is 34.6 Å². The van der Waals surface area contributed by atoms with Gasteiger partial charge >= 0.3 is 0 Å². The first kappa shape index (κ1) is 11.8. The van der Waals surface area contributed by atoms with Crippen LogP contribution in [-0.4, -0.2) is 19.8 Å². The zero-order valence-electron chi connectivity index (χ0n) is 9.22. The fourth-order valence-electron chi connectivity index (χ4n) is 1.74. The lowest BCUT2D eigenvalue weighted by Gasteiger charge is -2.38. The van der Waals surface area contributed by atoms with E-state index in [0.717, 1.165) is 19.8 Å². The smallest absolute Gasteiger partial charge is 0.129 e. The van der Waals surface area contributed by atoms with Crippen LogP contribution in [0.2, 0.25) is 5.02 Å². The van der Waals surface area contributed by atoms with Crippen LogP contribution in [0, 0.1) is 11.2 Å². The molecule has 1 aliphatic heterocycles. The van der Waals surface area contributed by atoms with E-state index in [1.807, 2.05) is 0 Å². The molecule has 1 saturated heterocycles. The molecule has 0 radical (unpaired) electrons. The quantitative estimate of drug-likeness (QED) is 0.878. The molecule has 2 nitrogen and oxygen atoms in total. The third-order valence-corrected chi connectivity index (χ3v) is 3.17. The van der Waals surface area contributed by atoms with E-state index in [1.54, 1.807) is 12.1 Å². The monoisotopic (exact) mass is 243 g/mol. The first-order valence-electron chi connectivity index (χ1n) is 5.32. The van der Waals surface area contributed by atoms with E-state index in [1.165, 1.54) is 6.07 Å². The number of ether oxygens (including phenoxy) is 1. The van der Waals surface area contributed by atoms with Crippen LogP contribution in [0.4, 0.5) is 4.39 Å². The minimum absolute atomic E-state index is 0.192. The zero-order valence-corrected chi connectivity index (χ0v) is 9.98. The van der Waals surface area contributed by atoms with Gasteiger partial charge in [0.1, 0.15) is 5.82 Å². The molecule has 16 heavy (non-hydrogen) atoms. The van der Waals surface area contributed by atoms with Crippen LogP contribution in [0.25, 0.3) is 0 Å². The van der Waals surface area contributed by atoms with Crippen molar-refractivity contribution in [2.75, 3.05) is 19.8 Å². The molecule has 1 aromatic carbocycles. The standard InChI is InChI=1S/C12H15ClFNO/c1-12(7-16-8-12)6-15-5-9-10(13)3-2-4-11(9)14/h2-4,15H,5-8H2,1H3. The highest BCUT2D eigenvalue weighted by Gasteiger charge is 2.32. The number of hydrogen-bond acceptors (Lipinski definition) is 2. The van der Waals surface area contributed by atoms with Crippen LogP contribution in [0.3, 0.4) is 0 Å². The van der Waals surface area contributed by atoms with Crippen molar-refractivity contribution >= 4 is 11.6 Å². The summed E-state index contributed by atoms with van der Waals surface area (Å²) in [5, 5.41) is 3.70. The number of nitrogens with one attached hydrogen (secondary N) is 1. The van der Waals surface area contributed by atoms with Crippen molar-refractivity contribution in [1.82, 2.24) is 5.32 Å². The molecule has 0 bridgehead atoms. The first-order valence-corrected chi connectivity index (χ1v) is 5.70. The predicted molar refractivity (Wildman–Crippen MR) is 62.0 cm³/mol. The van der Waals surface area contributed by atoms with Crippen LogP contribution in [0.5, 0.6) is 0 Å². The summed E-state index contributed by atoms with van der Waals surface area (Å²) in [5.74, 6) is -0.255. The molecule has 1 N–H and O–H groups in total. The van der Waals surface area contributed by atoms with E-state index < -0.39 is 0 Å². The summed E-state index contributed by atoms with van der Waals surface area (Å²) < 4.78 is 18.6. The van der Waals surface area contributed by atoms with Crippen molar-refractivity contribution in [1.29, 1.82) is 0 Å². The summed E-state index contributed by atoms with van der Waals surface area (Å²) in [6.45, 7) is 4.96. The van der Waals surface area contributed by atoms with Gasteiger partial charge in [0, 0.05) is 29.1 Å². The Kier molecular flexibility index (Phi) is 3.47. The normalized spacial score (nSPS) is 18.2. The minimum Gasteiger partial charge on any atom is -0.380 e. The van der Waals surface area contributed by atoms with E-state index in [-0.39, 0.29) is 11.2 Å². The van der Waals surface area contributed by atoms with Gasteiger partial charge in [-0.15, -0.1) is 0 Å². The lowest BCUT2D eigenvalue weighted by atomic mass is 9.89. The van der Waals surface area contributed by atoms with Crippen LogP contribution >= 0.6 is 11.6 Å². The second-order valence-electron chi connectivity index (χ2n) is 4.61. The fourth-order valence-corrected chi connectivity index (χ4v) is 1.97. The molecular formula is C12H15ClFNO. The Bertz CT molecular complexity index is 359. The van der Waals surface area contributed by atoms with Crippen molar-refractivity contribution in [3.8, 4) is 0 Å². The van der Waals surface area contributed by atoms with Crippen molar-refractivity contribution < 1.29 is 9.13 Å². The zero-order chi connectivity index (χ0) is 11.6. The van der Waals surface area contributed by atoms with Crippen LogP contribution in [0.15, 0.2) is 18.2 Å². The Morgan fingerprint density at radius 1 is 1.50 bits per heavy atom. The summed E-state index contributed by atoms with van der Waals surface area (Å²) in [7, 11) is 0. The maximum absolute atomic E-state index is 13.4. The molecule has 1 aliphatic rings. The van der Waals surface area contributed by atoms with Gasteiger partial charge in [-0.1, -0.05) is 24.6 Å². The maximum atomic E-state index is 13.4. The van der Waals surface area contributed by atoms with Gasteiger partial charge in [-0.25, -0.2) is 4.39 Å². The second kappa shape index (κ2) is 4.70. The third kappa shape index (κ3) is 2.54. The number of rotatable bonds is 4. The molecule has 88 valence electrons. The minimum atomic E-state index is -0.255. The van der Waals surface area contributed by atoms with Crippen LogP contribution in [0.1, 0.15) is 12.5 Å². The number of hydrogen-bond donors (Lipinski definition) is 1. The summed E-state index contributed by atoms with van der Waals surface area (Å²) in [6.07, 6.45) is 0. The molecule has 0 amide bonds. The van der Waals surface area contributed by atoms with E-state index in [4.69, 9.17) is 16.3 Å². The Labute approximate surface area is 99.7 Å². The van der Waals surface area contributed by atoms with Gasteiger partial charge in [-0.3, -0.25) is 0 Å². The fraction of sp³-hybridized carbons (Fsp3) is 0.500. The van der Waals surface area contributed by atoms with Gasteiger partial charge in [0.05, 0.1) is 13.2 Å². The lowest BCUT2D eigenvalue weighted by Crippen LogP contribution is -2.47. The molecule has 0 saturated carbocycles. The average Bonchev–Trinajstić information content (AvgIpc) is 2.20. The Balaban J connectivity index is 1.89. The van der Waals surface area contributed by atoms with Gasteiger partial charge in [-0.2, -0.15) is 0 Å². The lowest BCUT2D eigenvalue weighted by molar-refractivity contribution is -0.0991. The molecule has 0 unspecified atom stereocenters. The van der Waals surface area contributed by atoms with E-state index in [0.29, 0.717) is 17.1 Å². The topological polar surface area (TPSA) is 21.3 Å². The summed E-state index contributed by atoms with van der Waals surface area (Å²) in [5.41, 5.74) is 0.727. The largest absolute Gasteiger partial charge is 0.380 e. The Hall–Kier alpha value is -0.640. The average molecular weight is 244 g/mol. The molecule has 2 rings (SSSR count). The van der Waals surface area contributed by atoms with Gasteiger partial charge in [0.15, 0.2) is 0 Å². The molecule has 0 aliphatic carbocycles. The molecule has 0 aromatic heterocycles. The molecule has 1 fully saturated rings. The molecule has 4 heteroatoms. The van der Waals surface area contributed by atoms with Gasteiger partial charge in [0.25, 0.3) is 0 Å². The molecular weight excluding hydrogens is 229 g/mol. The Morgan fingerprint density at radius 2 is 2.25 bits per heavy atom. The summed E-state index contributed by atoms with van der Waals surface area (Å²) in [4.78, 5) is 0. The molecule has 0 atom stereocenters. The molecule has 0 spiro atoms. The van der Waals surface area contributed by atoms with E-state index in [2.05, 4.69) is 12.2 Å². The van der Waals surface area contributed by atoms with E-state index >= 15 is 0 Å². The predicted octanol–water partition coefficient (Wildman–Crippen LogP) is 2.61. The van der Waals surface area contributed by atoms with Gasteiger partial charge in [-0.05, 0) is 12.1 Å². The molecule has 1 aromatic rings. The van der Waals surface area contributed by atoms with Gasteiger partial charge < -0.3 is 10.1 Å². The summed E-state index contributed by atoms with van der Waals surface area (Å²) in [6, 6.07) is 4.75. The first-order chi connectivity index (χ1) is 7.61. The highest BCUT2D eigenvalue weighted by Crippen LogP contribution is 2.25.